The van der Waals surface area contributed by atoms with Crippen molar-refractivity contribution in [3.05, 3.63) is 34.0 Å². The average Bonchev–Trinajstić information content (AvgIpc) is 2.78. The maximum atomic E-state index is 12.1. The van der Waals surface area contributed by atoms with Crippen LogP contribution in [0.4, 0.5) is 4.79 Å². The van der Waals surface area contributed by atoms with Crippen LogP contribution in [0, 0.1) is 0 Å². The molecule has 10 heteroatoms. The van der Waals surface area contributed by atoms with Crippen molar-refractivity contribution in [1.82, 2.24) is 10.3 Å². The number of aromatic carboxylic acids is 1. The Labute approximate surface area is 182 Å². The summed E-state index contributed by atoms with van der Waals surface area (Å²) in [5.41, 5.74) is -0.972. The van der Waals surface area contributed by atoms with Gasteiger partial charge in [-0.2, -0.15) is 0 Å². The Hall–Kier alpha value is -2.10. The number of carbonyl (C=O) groups excluding carboxylic acids is 1. The van der Waals surface area contributed by atoms with Gasteiger partial charge in [-0.15, -0.1) is 0 Å². The lowest BCUT2D eigenvalue weighted by Crippen LogP contribution is -2.41. The third-order valence-corrected chi connectivity index (χ3v) is 5.16. The van der Waals surface area contributed by atoms with E-state index in [0.29, 0.717) is 11.0 Å². The second-order valence-corrected chi connectivity index (χ2v) is 9.43. The second kappa shape index (κ2) is 8.57. The molecule has 2 heterocycles. The van der Waals surface area contributed by atoms with Crippen LogP contribution in [0.25, 0.3) is 6.08 Å². The predicted octanol–water partition coefficient (Wildman–Crippen LogP) is 3.97. The summed E-state index contributed by atoms with van der Waals surface area (Å²) in [4.78, 5) is 27.4. The van der Waals surface area contributed by atoms with E-state index in [9.17, 15) is 14.7 Å². The molecule has 0 saturated carbocycles. The number of carboxylic acid groups (broad SMARTS) is 1. The number of carboxylic acids is 1. The molecule has 0 aliphatic carbocycles. The number of rotatable bonds is 5. The van der Waals surface area contributed by atoms with Crippen LogP contribution in [0.5, 0.6) is 0 Å². The van der Waals surface area contributed by atoms with Gasteiger partial charge in [-0.1, -0.05) is 17.7 Å². The zero-order valence-corrected chi connectivity index (χ0v) is 19.1. The maximum absolute atomic E-state index is 12.1. The van der Waals surface area contributed by atoms with Gasteiger partial charge in [-0.3, -0.25) is 0 Å². The first-order chi connectivity index (χ1) is 13.6. The van der Waals surface area contributed by atoms with Crippen molar-refractivity contribution >= 4 is 36.9 Å². The van der Waals surface area contributed by atoms with Crippen molar-refractivity contribution < 1.29 is 28.7 Å². The molecule has 0 spiro atoms. The predicted molar refractivity (Wildman–Crippen MR) is 115 cm³/mol. The van der Waals surface area contributed by atoms with E-state index >= 15 is 0 Å². The van der Waals surface area contributed by atoms with Crippen LogP contribution in [-0.4, -0.2) is 52.6 Å². The van der Waals surface area contributed by atoms with Crippen LogP contribution < -0.4 is 5.32 Å². The largest absolute Gasteiger partial charge is 0.492 e. The third-order valence-electron chi connectivity index (χ3n) is 4.85. The molecule has 1 aliphatic heterocycles. The van der Waals surface area contributed by atoms with E-state index < -0.39 is 36.0 Å². The minimum atomic E-state index is -1.13. The highest BCUT2D eigenvalue weighted by Crippen LogP contribution is 2.39. The number of hydrogen-bond acceptors (Lipinski definition) is 6. The Kier molecular flexibility index (Phi) is 6.90. The minimum absolute atomic E-state index is 0.0148. The topological polar surface area (TPSA) is 107 Å². The highest BCUT2D eigenvalue weighted by molar-refractivity contribution is 6.56. The van der Waals surface area contributed by atoms with Crippen LogP contribution in [0.15, 0.2) is 17.7 Å². The molecule has 0 unspecified atom stereocenters. The highest BCUT2D eigenvalue weighted by atomic mass is 35.5. The quantitative estimate of drug-likeness (QED) is 0.529. The number of carbonyl (C=O) groups is 2. The van der Waals surface area contributed by atoms with Gasteiger partial charge in [0.25, 0.3) is 0 Å². The molecule has 0 atom stereocenters. The number of nitrogens with zero attached hydrogens (tertiary/aromatic N) is 1. The van der Waals surface area contributed by atoms with Gasteiger partial charge in [0, 0.05) is 18.3 Å². The summed E-state index contributed by atoms with van der Waals surface area (Å²) in [7, 11) is -0.783. The number of amides is 1. The molecule has 1 amide bonds. The molecule has 1 fully saturated rings. The van der Waals surface area contributed by atoms with Crippen molar-refractivity contribution in [2.45, 2.75) is 65.3 Å². The summed E-state index contributed by atoms with van der Waals surface area (Å²) in [5, 5.41) is 12.0. The van der Waals surface area contributed by atoms with Crippen LogP contribution in [0.1, 0.15) is 64.4 Å². The smallest absolute Gasteiger partial charge is 0.478 e. The Balaban J connectivity index is 2.37. The molecule has 1 aromatic rings. The number of hydrogen-bond donors (Lipinski definition) is 2. The molecule has 0 bridgehead atoms. The van der Waals surface area contributed by atoms with Gasteiger partial charge in [-0.05, 0) is 60.0 Å². The summed E-state index contributed by atoms with van der Waals surface area (Å²) < 4.78 is 17.5. The van der Waals surface area contributed by atoms with Gasteiger partial charge in [0.1, 0.15) is 10.8 Å². The lowest BCUT2D eigenvalue weighted by atomic mass is 9.77. The fourth-order valence-electron chi connectivity index (χ4n) is 2.57. The number of halogens is 1. The van der Waals surface area contributed by atoms with E-state index in [4.69, 9.17) is 25.6 Å². The van der Waals surface area contributed by atoms with Crippen LogP contribution >= 0.6 is 11.6 Å². The Bertz CT molecular complexity index is 847. The van der Waals surface area contributed by atoms with E-state index in [1.54, 1.807) is 26.8 Å². The third kappa shape index (κ3) is 5.96. The summed E-state index contributed by atoms with van der Waals surface area (Å²) in [5.74, 6) is -1.13. The van der Waals surface area contributed by atoms with Crippen molar-refractivity contribution in [2.24, 2.45) is 0 Å². The van der Waals surface area contributed by atoms with Crippen LogP contribution in [0.2, 0.25) is 5.15 Å². The van der Waals surface area contributed by atoms with Crippen LogP contribution in [-0.2, 0) is 14.0 Å². The van der Waals surface area contributed by atoms with E-state index in [2.05, 4.69) is 10.3 Å². The molecule has 1 aromatic heterocycles. The number of alkyl carbamates (subject to hydrolysis) is 1. The maximum Gasteiger partial charge on any atom is 0.492 e. The minimum Gasteiger partial charge on any atom is -0.478 e. The molecule has 164 valence electrons. The lowest BCUT2D eigenvalue weighted by Gasteiger charge is -2.32. The molecule has 8 nitrogen and oxygen atoms in total. The number of aromatic nitrogens is 1. The normalized spacial score (nSPS) is 18.3. The van der Waals surface area contributed by atoms with Gasteiger partial charge in [-0.25, -0.2) is 14.6 Å². The highest BCUT2D eigenvalue weighted by Gasteiger charge is 2.52. The van der Waals surface area contributed by atoms with Gasteiger partial charge in [0.15, 0.2) is 0 Å². The Morgan fingerprint density at radius 3 is 2.33 bits per heavy atom. The molecule has 30 heavy (non-hydrogen) atoms. The monoisotopic (exact) mass is 438 g/mol. The van der Waals surface area contributed by atoms with Gasteiger partial charge >= 0.3 is 19.2 Å². The van der Waals surface area contributed by atoms with E-state index in [1.807, 2.05) is 27.7 Å². The summed E-state index contributed by atoms with van der Waals surface area (Å²) in [6.07, 6.45) is 2.19. The zero-order chi connectivity index (χ0) is 22.9. The Morgan fingerprint density at radius 1 is 1.27 bits per heavy atom. The molecule has 0 radical (unpaired) electrons. The molecule has 2 rings (SSSR count). The molecular weight excluding hydrogens is 410 g/mol. The average molecular weight is 439 g/mol. The van der Waals surface area contributed by atoms with Crippen molar-refractivity contribution in [3.8, 4) is 0 Å². The van der Waals surface area contributed by atoms with E-state index in [-0.39, 0.29) is 17.3 Å². The van der Waals surface area contributed by atoms with Crippen LogP contribution in [0.3, 0.4) is 0 Å². The fourth-order valence-corrected chi connectivity index (χ4v) is 2.73. The summed E-state index contributed by atoms with van der Waals surface area (Å²) in [6, 6.07) is 1.40. The van der Waals surface area contributed by atoms with Crippen molar-refractivity contribution in [2.75, 3.05) is 6.54 Å². The summed E-state index contributed by atoms with van der Waals surface area (Å²) in [6.45, 7) is 13.0. The van der Waals surface area contributed by atoms with Crippen molar-refractivity contribution in [3.63, 3.8) is 0 Å². The first kappa shape index (κ1) is 24.2. The van der Waals surface area contributed by atoms with Gasteiger partial charge in [0.2, 0.25) is 0 Å². The number of pyridine rings is 1. The molecule has 2 N–H and O–H groups in total. The SMILES string of the molecule is CC(C)(C)OC(=O)NCC(=Cc1cc(C(=O)O)cnc1Cl)B1OC(C)(C)C(C)(C)O1. The lowest BCUT2D eigenvalue weighted by molar-refractivity contribution is 0.00578. The van der Waals surface area contributed by atoms with E-state index in [1.165, 1.54) is 12.3 Å². The zero-order valence-electron chi connectivity index (χ0n) is 18.3. The first-order valence-electron chi connectivity index (χ1n) is 9.53. The fraction of sp³-hybridized carbons (Fsp3) is 0.550. The van der Waals surface area contributed by atoms with Gasteiger partial charge in [0.05, 0.1) is 16.8 Å². The van der Waals surface area contributed by atoms with Crippen molar-refractivity contribution in [1.29, 1.82) is 0 Å². The molecular formula is C20H28BClN2O6. The second-order valence-electron chi connectivity index (χ2n) is 9.07. The standard InChI is InChI=1S/C20H28BClN2O6/c1-18(2,3)28-17(27)24-11-14(21-29-19(4,5)20(6,7)30-21)9-12-8-13(16(25)26)10-23-15(12)22/h8-10H,11H2,1-7H3,(H,24,27)(H,25,26). The summed E-state index contributed by atoms with van der Waals surface area (Å²) >= 11 is 6.17. The molecule has 1 saturated heterocycles. The van der Waals surface area contributed by atoms with Gasteiger partial charge < -0.3 is 24.5 Å². The molecule has 1 aliphatic rings. The Morgan fingerprint density at radius 2 is 1.83 bits per heavy atom. The number of nitrogens with one attached hydrogen (secondary N) is 1. The van der Waals surface area contributed by atoms with E-state index in [0.717, 1.165) is 0 Å². The molecule has 0 aromatic carbocycles. The first-order valence-corrected chi connectivity index (χ1v) is 9.91. The number of ether oxygens (including phenoxy) is 1.